The van der Waals surface area contributed by atoms with Crippen LogP contribution < -0.4 is 25.2 Å². The first-order chi connectivity index (χ1) is 18.2. The minimum Gasteiger partial charge on any atom is -0.496 e. The zero-order valence-corrected chi connectivity index (χ0v) is 23.9. The van der Waals surface area contributed by atoms with E-state index in [1.807, 2.05) is 74.5 Å². The van der Waals surface area contributed by atoms with Gasteiger partial charge in [0.05, 0.1) is 37.6 Å². The van der Waals surface area contributed by atoms with E-state index in [0.717, 1.165) is 16.3 Å². The number of amides is 3. The molecule has 208 valence electrons. The molecule has 9 heteroatoms. The SMILES string of the molecule is CNC(C)C(=O)NC1CN(C(=O)CC(C)C)c2ccccc2N(Cc2c(OC)ccc3ccccc23)C1=O.Cl. The molecule has 0 saturated carbocycles. The fourth-order valence-electron chi connectivity index (χ4n) is 4.81. The highest BCUT2D eigenvalue weighted by Gasteiger charge is 2.37. The number of carbonyl (C=O) groups excluding carboxylic acids is 3. The molecular weight excluding hydrogens is 516 g/mol. The third-order valence-electron chi connectivity index (χ3n) is 6.95. The maximum Gasteiger partial charge on any atom is 0.251 e. The van der Waals surface area contributed by atoms with Crippen molar-refractivity contribution in [2.24, 2.45) is 5.92 Å². The van der Waals surface area contributed by atoms with E-state index in [4.69, 9.17) is 4.74 Å². The second kappa shape index (κ2) is 13.0. The number of hydrogen-bond donors (Lipinski definition) is 2. The van der Waals surface area contributed by atoms with E-state index < -0.39 is 12.1 Å². The van der Waals surface area contributed by atoms with Crippen molar-refractivity contribution in [3.63, 3.8) is 0 Å². The topological polar surface area (TPSA) is 91.0 Å². The van der Waals surface area contributed by atoms with Crippen LogP contribution in [0.1, 0.15) is 32.8 Å². The number of nitrogens with one attached hydrogen (secondary N) is 2. The van der Waals surface area contributed by atoms with Crippen molar-refractivity contribution in [1.29, 1.82) is 0 Å². The molecule has 39 heavy (non-hydrogen) atoms. The predicted octanol–water partition coefficient (Wildman–Crippen LogP) is 4.29. The first-order valence-electron chi connectivity index (χ1n) is 13.0. The minimum atomic E-state index is -0.928. The summed E-state index contributed by atoms with van der Waals surface area (Å²) in [4.78, 5) is 43.8. The number of carbonyl (C=O) groups is 3. The van der Waals surface area contributed by atoms with Gasteiger partial charge in [-0.05, 0) is 48.9 Å². The van der Waals surface area contributed by atoms with Crippen LogP contribution in [0.4, 0.5) is 11.4 Å². The summed E-state index contributed by atoms with van der Waals surface area (Å²) in [6.07, 6.45) is 0.327. The number of likely N-dealkylation sites (N-methyl/N-ethyl adjacent to an activating group) is 1. The number of nitrogens with zero attached hydrogens (tertiary/aromatic N) is 2. The molecular formula is C30H37ClN4O4. The monoisotopic (exact) mass is 552 g/mol. The summed E-state index contributed by atoms with van der Waals surface area (Å²) in [6, 6.07) is 17.8. The van der Waals surface area contributed by atoms with Gasteiger partial charge in [0.2, 0.25) is 11.8 Å². The lowest BCUT2D eigenvalue weighted by Gasteiger charge is -2.27. The summed E-state index contributed by atoms with van der Waals surface area (Å²) < 4.78 is 5.71. The molecule has 2 atom stereocenters. The second-order valence-electron chi connectivity index (χ2n) is 10.1. The third-order valence-corrected chi connectivity index (χ3v) is 6.95. The van der Waals surface area contributed by atoms with Crippen LogP contribution in [-0.2, 0) is 20.9 Å². The van der Waals surface area contributed by atoms with Gasteiger partial charge in [0.25, 0.3) is 5.91 Å². The maximum atomic E-state index is 14.2. The van der Waals surface area contributed by atoms with Gasteiger partial charge in [-0.25, -0.2) is 0 Å². The summed E-state index contributed by atoms with van der Waals surface area (Å²) >= 11 is 0. The van der Waals surface area contributed by atoms with Crippen LogP contribution >= 0.6 is 12.4 Å². The van der Waals surface area contributed by atoms with Gasteiger partial charge < -0.3 is 25.2 Å². The van der Waals surface area contributed by atoms with Crippen molar-refractivity contribution < 1.29 is 19.1 Å². The molecule has 0 saturated heterocycles. The van der Waals surface area contributed by atoms with E-state index >= 15 is 0 Å². The first kappa shape index (κ1) is 29.9. The number of para-hydroxylation sites is 2. The Morgan fingerprint density at radius 1 is 1.00 bits per heavy atom. The van der Waals surface area contributed by atoms with Crippen LogP contribution in [0, 0.1) is 5.92 Å². The van der Waals surface area contributed by atoms with Gasteiger partial charge in [0.1, 0.15) is 11.8 Å². The lowest BCUT2D eigenvalue weighted by atomic mass is 10.0. The van der Waals surface area contributed by atoms with Crippen molar-refractivity contribution in [3.8, 4) is 5.75 Å². The number of hydrogen-bond acceptors (Lipinski definition) is 5. The Bertz CT molecular complexity index is 1350. The summed E-state index contributed by atoms with van der Waals surface area (Å²) in [6.45, 7) is 5.96. The normalized spacial score (nSPS) is 15.8. The molecule has 1 aliphatic rings. The predicted molar refractivity (Wildman–Crippen MR) is 158 cm³/mol. The Morgan fingerprint density at radius 3 is 2.33 bits per heavy atom. The quantitative estimate of drug-likeness (QED) is 0.435. The first-order valence-corrected chi connectivity index (χ1v) is 13.0. The van der Waals surface area contributed by atoms with Crippen LogP contribution in [0.2, 0.25) is 0 Å². The highest BCUT2D eigenvalue weighted by atomic mass is 35.5. The lowest BCUT2D eigenvalue weighted by molar-refractivity contribution is -0.128. The van der Waals surface area contributed by atoms with E-state index in [1.165, 1.54) is 0 Å². The molecule has 8 nitrogen and oxygen atoms in total. The number of anilines is 2. The fraction of sp³-hybridized carbons (Fsp3) is 0.367. The fourth-order valence-corrected chi connectivity index (χ4v) is 4.81. The molecule has 1 heterocycles. The van der Waals surface area contributed by atoms with Gasteiger partial charge in [0, 0.05) is 12.0 Å². The molecule has 0 aromatic heterocycles. The molecule has 2 N–H and O–H groups in total. The van der Waals surface area contributed by atoms with E-state index in [0.29, 0.717) is 23.5 Å². The number of benzene rings is 3. The van der Waals surface area contributed by atoms with Crippen LogP contribution in [0.15, 0.2) is 60.7 Å². The van der Waals surface area contributed by atoms with Gasteiger partial charge in [-0.2, -0.15) is 0 Å². The molecule has 0 aliphatic carbocycles. The van der Waals surface area contributed by atoms with Crippen molar-refractivity contribution in [2.75, 3.05) is 30.5 Å². The lowest BCUT2D eigenvalue weighted by Crippen LogP contribution is -2.55. The number of methoxy groups -OCH3 is 1. The molecule has 0 radical (unpaired) electrons. The van der Waals surface area contributed by atoms with Crippen LogP contribution in [0.5, 0.6) is 5.75 Å². The highest BCUT2D eigenvalue weighted by molar-refractivity contribution is 6.08. The molecule has 3 amide bonds. The van der Waals surface area contributed by atoms with Crippen molar-refractivity contribution in [3.05, 3.63) is 66.2 Å². The molecule has 3 aromatic carbocycles. The molecule has 1 aliphatic heterocycles. The molecule has 0 bridgehead atoms. The number of rotatable bonds is 8. The average Bonchev–Trinajstić information content (AvgIpc) is 3.03. The Balaban J connectivity index is 0.00000420. The zero-order chi connectivity index (χ0) is 27.4. The minimum absolute atomic E-state index is 0. The molecule has 0 spiro atoms. The van der Waals surface area contributed by atoms with Crippen molar-refractivity contribution in [2.45, 2.75) is 45.8 Å². The van der Waals surface area contributed by atoms with Gasteiger partial charge in [0.15, 0.2) is 0 Å². The van der Waals surface area contributed by atoms with Crippen LogP contribution in [0.3, 0.4) is 0 Å². The Morgan fingerprint density at radius 2 is 1.67 bits per heavy atom. The van der Waals surface area contributed by atoms with E-state index in [2.05, 4.69) is 10.6 Å². The Labute approximate surface area is 236 Å². The Hall–Kier alpha value is -3.62. The molecule has 0 fully saturated rings. The number of fused-ring (bicyclic) bond motifs is 2. The molecule has 3 aromatic rings. The van der Waals surface area contributed by atoms with Gasteiger partial charge in [-0.3, -0.25) is 14.4 Å². The smallest absolute Gasteiger partial charge is 0.251 e. The van der Waals surface area contributed by atoms with E-state index in [-0.39, 0.29) is 49.1 Å². The van der Waals surface area contributed by atoms with Crippen molar-refractivity contribution in [1.82, 2.24) is 10.6 Å². The number of ether oxygens (including phenoxy) is 1. The number of halogens is 1. The average molecular weight is 553 g/mol. The van der Waals surface area contributed by atoms with Crippen molar-refractivity contribution >= 4 is 52.3 Å². The van der Waals surface area contributed by atoms with Crippen LogP contribution in [-0.4, -0.2) is 50.5 Å². The van der Waals surface area contributed by atoms with E-state index in [9.17, 15) is 14.4 Å². The second-order valence-corrected chi connectivity index (χ2v) is 10.1. The van der Waals surface area contributed by atoms with E-state index in [1.54, 1.807) is 30.9 Å². The summed E-state index contributed by atoms with van der Waals surface area (Å²) in [5.74, 6) is 0.114. The summed E-state index contributed by atoms with van der Waals surface area (Å²) in [7, 11) is 3.30. The highest BCUT2D eigenvalue weighted by Crippen LogP contribution is 2.37. The van der Waals surface area contributed by atoms with Crippen LogP contribution in [0.25, 0.3) is 10.8 Å². The maximum absolute atomic E-state index is 14.2. The molecule has 4 rings (SSSR count). The molecule has 2 unspecified atom stereocenters. The summed E-state index contributed by atoms with van der Waals surface area (Å²) in [5, 5.41) is 7.81. The van der Waals surface area contributed by atoms with Gasteiger partial charge >= 0.3 is 0 Å². The summed E-state index contributed by atoms with van der Waals surface area (Å²) in [5.41, 5.74) is 2.11. The third kappa shape index (κ3) is 6.34. The standard InChI is InChI=1S/C30H36N4O4.ClH/c1-19(2)16-28(35)33-18-24(32-29(36)20(3)31-4)30(37)34(26-13-9-8-12-25(26)33)17-23-22-11-7-6-10-21(22)14-15-27(23)38-5;/h6-15,19-20,24,31H,16-18H2,1-5H3,(H,32,36);1H. The Kier molecular flexibility index (Phi) is 9.94. The zero-order valence-electron chi connectivity index (χ0n) is 23.1. The van der Waals surface area contributed by atoms with Gasteiger partial charge in [-0.15, -0.1) is 12.4 Å². The van der Waals surface area contributed by atoms with Gasteiger partial charge in [-0.1, -0.05) is 56.3 Å². The largest absolute Gasteiger partial charge is 0.496 e.